The van der Waals surface area contributed by atoms with Crippen molar-refractivity contribution in [2.75, 3.05) is 4.90 Å². The molecule has 1 nitrogen and oxygen atoms in total. The Labute approximate surface area is 433 Å². The monoisotopic (exact) mass is 953 g/mol. The zero-order valence-corrected chi connectivity index (χ0v) is 41.0. The molecule has 0 radical (unpaired) electrons. The van der Waals surface area contributed by atoms with Crippen LogP contribution in [-0.4, -0.2) is 0 Å². The maximum atomic E-state index is 2.66. The minimum atomic E-state index is -0.506. The molecule has 13 aromatic rings. The molecule has 74 heavy (non-hydrogen) atoms. The number of anilines is 3. The van der Waals surface area contributed by atoms with Gasteiger partial charge in [-0.25, -0.2) is 0 Å². The standard InChI is InChI=1S/C72H43NS/c1-2-20-44(21-3-1)48-30-18-31-56-67-47-23-5-4-22-45(47)42-66(70(67)74-69(48)56)73(46-40-41-54-53-28-10-16-36-61(53)72(64(54)43-46)59-34-14-8-26-51(59)52-27-9-15-35-60(52)72)65-39-19-38-63-68(65)55-29-11-17-37-62(55)71(63)57-32-12-6-24-49(57)50-25-7-13-33-58(50)71/h1-43H. The summed E-state index contributed by atoms with van der Waals surface area (Å²) in [5.74, 6) is 0. The molecule has 0 bridgehead atoms. The first-order chi connectivity index (χ1) is 36.7. The van der Waals surface area contributed by atoms with Crippen LogP contribution in [0.3, 0.4) is 0 Å². The van der Waals surface area contributed by atoms with E-state index in [1.165, 1.54) is 142 Å². The van der Waals surface area contributed by atoms with Gasteiger partial charge in [-0.15, -0.1) is 11.3 Å². The van der Waals surface area contributed by atoms with E-state index in [-0.39, 0.29) is 0 Å². The van der Waals surface area contributed by atoms with E-state index in [1.807, 2.05) is 11.3 Å². The molecule has 342 valence electrons. The lowest BCUT2D eigenvalue weighted by atomic mass is 9.70. The summed E-state index contributed by atoms with van der Waals surface area (Å²) in [6.45, 7) is 0. The first-order valence-electron chi connectivity index (χ1n) is 25.8. The lowest BCUT2D eigenvalue weighted by Gasteiger charge is -2.33. The molecule has 0 saturated carbocycles. The van der Waals surface area contributed by atoms with Crippen LogP contribution in [0.15, 0.2) is 261 Å². The van der Waals surface area contributed by atoms with Gasteiger partial charge < -0.3 is 4.90 Å². The molecule has 2 heteroatoms. The largest absolute Gasteiger partial charge is 0.308 e. The van der Waals surface area contributed by atoms with Gasteiger partial charge in [0.15, 0.2) is 0 Å². The van der Waals surface area contributed by atoms with Crippen molar-refractivity contribution in [3.05, 3.63) is 305 Å². The van der Waals surface area contributed by atoms with Crippen molar-refractivity contribution in [3.8, 4) is 55.6 Å². The van der Waals surface area contributed by atoms with Crippen LogP contribution >= 0.6 is 11.3 Å². The van der Waals surface area contributed by atoms with Gasteiger partial charge in [0.25, 0.3) is 0 Å². The Kier molecular flexibility index (Phi) is 8.08. The molecule has 17 rings (SSSR count). The third kappa shape index (κ3) is 4.94. The van der Waals surface area contributed by atoms with Crippen LogP contribution in [0.2, 0.25) is 0 Å². The maximum Gasteiger partial charge on any atom is 0.0726 e. The van der Waals surface area contributed by atoms with Crippen molar-refractivity contribution in [1.29, 1.82) is 0 Å². The topological polar surface area (TPSA) is 3.24 Å². The van der Waals surface area contributed by atoms with Gasteiger partial charge in [-0.3, -0.25) is 0 Å². The van der Waals surface area contributed by atoms with Gasteiger partial charge in [0.05, 0.1) is 26.9 Å². The molecule has 12 aromatic carbocycles. The first-order valence-corrected chi connectivity index (χ1v) is 26.7. The quantitative estimate of drug-likeness (QED) is 0.170. The minimum absolute atomic E-state index is 0.497. The van der Waals surface area contributed by atoms with Crippen LogP contribution in [0.4, 0.5) is 17.1 Å². The second-order valence-electron chi connectivity index (χ2n) is 20.5. The summed E-state index contributed by atoms with van der Waals surface area (Å²) in [6.07, 6.45) is 0. The predicted molar refractivity (Wildman–Crippen MR) is 310 cm³/mol. The Morgan fingerprint density at radius 2 is 0.730 bits per heavy atom. The van der Waals surface area contributed by atoms with E-state index < -0.39 is 10.8 Å². The van der Waals surface area contributed by atoms with Crippen molar-refractivity contribution in [2.45, 2.75) is 10.8 Å². The van der Waals surface area contributed by atoms with E-state index >= 15 is 0 Å². The zero-order chi connectivity index (χ0) is 48.3. The van der Waals surface area contributed by atoms with Gasteiger partial charge in [0.2, 0.25) is 0 Å². The highest BCUT2D eigenvalue weighted by molar-refractivity contribution is 7.27. The minimum Gasteiger partial charge on any atom is -0.308 e. The van der Waals surface area contributed by atoms with Crippen LogP contribution < -0.4 is 4.90 Å². The van der Waals surface area contributed by atoms with E-state index in [0.717, 1.165) is 5.69 Å². The summed E-state index contributed by atoms with van der Waals surface area (Å²) in [7, 11) is 0. The van der Waals surface area contributed by atoms with Crippen LogP contribution in [0.5, 0.6) is 0 Å². The molecular weight excluding hydrogens is 911 g/mol. The Hall–Kier alpha value is -9.08. The van der Waals surface area contributed by atoms with Gasteiger partial charge in [-0.2, -0.15) is 0 Å². The fraction of sp³-hybridized carbons (Fsp3) is 0.0278. The van der Waals surface area contributed by atoms with Crippen molar-refractivity contribution < 1.29 is 0 Å². The molecule has 0 aliphatic heterocycles. The van der Waals surface area contributed by atoms with Crippen LogP contribution in [0.25, 0.3) is 86.6 Å². The number of rotatable bonds is 4. The molecule has 0 fully saturated rings. The van der Waals surface area contributed by atoms with Crippen molar-refractivity contribution in [3.63, 3.8) is 0 Å². The molecule has 0 unspecified atom stereocenters. The number of fused-ring (bicyclic) bond motifs is 25. The summed E-state index contributed by atoms with van der Waals surface area (Å²) >= 11 is 1.94. The van der Waals surface area contributed by atoms with Gasteiger partial charge in [0.1, 0.15) is 0 Å². The molecule has 4 aliphatic carbocycles. The summed E-state index contributed by atoms with van der Waals surface area (Å²) in [4.78, 5) is 2.66. The molecule has 2 spiro atoms. The van der Waals surface area contributed by atoms with E-state index in [0.29, 0.717) is 0 Å². The highest BCUT2D eigenvalue weighted by atomic mass is 32.1. The molecule has 4 aliphatic rings. The van der Waals surface area contributed by atoms with Crippen molar-refractivity contribution in [1.82, 2.24) is 0 Å². The molecule has 1 heterocycles. The van der Waals surface area contributed by atoms with E-state index in [4.69, 9.17) is 0 Å². The second kappa shape index (κ2) is 14.8. The lowest BCUT2D eigenvalue weighted by molar-refractivity contribution is 0.793. The third-order valence-corrected chi connectivity index (χ3v) is 18.5. The fourth-order valence-electron chi connectivity index (χ4n) is 14.6. The van der Waals surface area contributed by atoms with Gasteiger partial charge in [0, 0.05) is 26.7 Å². The second-order valence-corrected chi connectivity index (χ2v) is 21.5. The third-order valence-electron chi connectivity index (χ3n) is 17.3. The number of benzene rings is 12. The average molecular weight is 954 g/mol. The lowest BCUT2D eigenvalue weighted by Crippen LogP contribution is -2.26. The number of hydrogen-bond donors (Lipinski definition) is 0. The van der Waals surface area contributed by atoms with Gasteiger partial charge in [-0.05, 0) is 130 Å². The average Bonchev–Trinajstić information content (AvgIpc) is 4.30. The summed E-state index contributed by atoms with van der Waals surface area (Å²) in [5, 5.41) is 5.07. The van der Waals surface area contributed by atoms with Gasteiger partial charge >= 0.3 is 0 Å². The normalized spacial score (nSPS) is 14.2. The summed E-state index contributed by atoms with van der Waals surface area (Å²) in [6, 6.07) is 99.0. The Morgan fingerprint density at radius 3 is 1.34 bits per heavy atom. The van der Waals surface area contributed by atoms with Gasteiger partial charge in [-0.1, -0.05) is 237 Å². The molecule has 1 aromatic heterocycles. The SMILES string of the molecule is c1ccc(-c2cccc3c2sc2c(N(c4ccc5c(c4)C4(c6ccccc6-c6ccccc64)c4ccccc4-5)c4cccc5c4-c4ccccc4C54c5ccccc5-c5ccccc54)cc4ccccc4c23)cc1. The zero-order valence-electron chi connectivity index (χ0n) is 40.2. The Morgan fingerprint density at radius 1 is 0.284 bits per heavy atom. The molecule has 0 amide bonds. The fourth-order valence-corrected chi connectivity index (χ4v) is 15.9. The number of thiophene rings is 1. The smallest absolute Gasteiger partial charge is 0.0726 e. The van der Waals surface area contributed by atoms with E-state index in [1.54, 1.807) is 0 Å². The molecule has 0 saturated heterocycles. The summed E-state index contributed by atoms with van der Waals surface area (Å²) < 4.78 is 2.57. The summed E-state index contributed by atoms with van der Waals surface area (Å²) in [5.41, 5.74) is 26.0. The molecular formula is C72H43NS. The number of nitrogens with zero attached hydrogens (tertiary/aromatic N) is 1. The van der Waals surface area contributed by atoms with Crippen LogP contribution in [0.1, 0.15) is 44.5 Å². The maximum absolute atomic E-state index is 2.66. The predicted octanol–water partition coefficient (Wildman–Crippen LogP) is 19.0. The molecule has 0 N–H and O–H groups in total. The Bertz CT molecular complexity index is 4460. The van der Waals surface area contributed by atoms with E-state index in [9.17, 15) is 0 Å². The van der Waals surface area contributed by atoms with Crippen molar-refractivity contribution >= 4 is 59.3 Å². The molecule has 0 atom stereocenters. The highest BCUT2D eigenvalue weighted by Crippen LogP contribution is 2.67. The first kappa shape index (κ1) is 40.5. The Balaban J connectivity index is 1.02. The van der Waals surface area contributed by atoms with Crippen LogP contribution in [0, 0.1) is 0 Å². The van der Waals surface area contributed by atoms with E-state index in [2.05, 4.69) is 266 Å². The number of hydrogen-bond acceptors (Lipinski definition) is 2. The highest BCUT2D eigenvalue weighted by Gasteiger charge is 2.54. The van der Waals surface area contributed by atoms with Crippen molar-refractivity contribution in [2.24, 2.45) is 0 Å². The van der Waals surface area contributed by atoms with Crippen LogP contribution in [-0.2, 0) is 10.8 Å².